The first-order valence-electron chi connectivity index (χ1n) is 8.37. The maximum Gasteiger partial charge on any atom is 0.437 e. The van der Waals surface area contributed by atoms with Crippen molar-refractivity contribution in [2.75, 3.05) is 5.32 Å². The number of aromatic nitrogens is 2. The zero-order valence-corrected chi connectivity index (χ0v) is 15.4. The lowest BCUT2D eigenvalue weighted by Crippen LogP contribution is -2.16. The van der Waals surface area contributed by atoms with Crippen LogP contribution in [-0.4, -0.2) is 16.1 Å². The minimum atomic E-state index is -4.69. The monoisotopic (exact) mass is 393 g/mol. The summed E-state index contributed by atoms with van der Waals surface area (Å²) in [6.07, 6.45) is -4.69. The molecule has 0 unspecified atom stereocenters. The molecule has 9 heteroatoms. The highest BCUT2D eigenvalue weighted by molar-refractivity contribution is 6.03. The van der Waals surface area contributed by atoms with Crippen molar-refractivity contribution < 1.29 is 27.1 Å². The Morgan fingerprint density at radius 3 is 2.68 bits per heavy atom. The molecule has 6 nitrogen and oxygen atoms in total. The molecule has 0 radical (unpaired) electrons. The summed E-state index contributed by atoms with van der Waals surface area (Å²) < 4.78 is 50.0. The van der Waals surface area contributed by atoms with Gasteiger partial charge in [-0.15, -0.1) is 0 Å². The second-order valence-electron chi connectivity index (χ2n) is 6.35. The van der Waals surface area contributed by atoms with E-state index in [2.05, 4.69) is 15.5 Å². The van der Waals surface area contributed by atoms with E-state index in [-0.39, 0.29) is 18.1 Å². The lowest BCUT2D eigenvalue weighted by Gasteiger charge is -2.09. The van der Waals surface area contributed by atoms with Gasteiger partial charge in [0.15, 0.2) is 11.5 Å². The summed E-state index contributed by atoms with van der Waals surface area (Å²) in [7, 11) is 0. The number of rotatable bonds is 5. The molecule has 28 heavy (non-hydrogen) atoms. The largest absolute Gasteiger partial charge is 0.485 e. The van der Waals surface area contributed by atoms with E-state index in [1.54, 1.807) is 0 Å². The highest BCUT2D eigenvalue weighted by atomic mass is 19.4. The average Bonchev–Trinajstić information content (AvgIpc) is 3.23. The molecule has 1 amide bonds. The van der Waals surface area contributed by atoms with Gasteiger partial charge >= 0.3 is 6.18 Å². The Bertz CT molecular complexity index is 1010. The van der Waals surface area contributed by atoms with Crippen LogP contribution in [0.15, 0.2) is 34.7 Å². The zero-order valence-electron chi connectivity index (χ0n) is 15.4. The molecule has 3 aromatic rings. The number of hydrogen-bond donors (Lipinski definition) is 2. The van der Waals surface area contributed by atoms with Crippen LogP contribution in [0.4, 0.5) is 18.9 Å². The van der Waals surface area contributed by atoms with Crippen LogP contribution in [0.2, 0.25) is 0 Å². The third-order valence-corrected chi connectivity index (χ3v) is 4.05. The van der Waals surface area contributed by atoms with E-state index >= 15 is 0 Å². The van der Waals surface area contributed by atoms with Gasteiger partial charge in [-0.1, -0.05) is 12.1 Å². The lowest BCUT2D eigenvalue weighted by molar-refractivity contribution is -0.140. The molecule has 0 saturated carbocycles. The van der Waals surface area contributed by atoms with Gasteiger partial charge in [0.2, 0.25) is 0 Å². The van der Waals surface area contributed by atoms with Crippen LogP contribution in [0.1, 0.15) is 38.8 Å². The first-order valence-corrected chi connectivity index (χ1v) is 8.37. The quantitative estimate of drug-likeness (QED) is 0.654. The Kier molecular flexibility index (Phi) is 5.17. The number of ether oxygens (including phenoxy) is 1. The van der Waals surface area contributed by atoms with Crippen molar-refractivity contribution in [2.45, 2.75) is 33.6 Å². The molecule has 0 bridgehead atoms. The van der Waals surface area contributed by atoms with E-state index < -0.39 is 23.5 Å². The number of carbonyl (C=O) groups is 1. The normalized spacial score (nSPS) is 11.5. The number of halogens is 3. The summed E-state index contributed by atoms with van der Waals surface area (Å²) in [5.41, 5.74) is 0.456. The van der Waals surface area contributed by atoms with Crippen molar-refractivity contribution in [1.82, 2.24) is 10.2 Å². The highest BCUT2D eigenvalue weighted by Crippen LogP contribution is 2.34. The molecule has 2 aromatic heterocycles. The lowest BCUT2D eigenvalue weighted by atomic mass is 10.1. The molecular weight excluding hydrogens is 375 g/mol. The number of amides is 1. The predicted molar refractivity (Wildman–Crippen MR) is 95.2 cm³/mol. The van der Waals surface area contributed by atoms with Crippen LogP contribution in [0.5, 0.6) is 5.75 Å². The van der Waals surface area contributed by atoms with Crippen molar-refractivity contribution in [3.05, 3.63) is 64.4 Å². The van der Waals surface area contributed by atoms with Crippen LogP contribution in [0.25, 0.3) is 0 Å². The Morgan fingerprint density at radius 1 is 1.21 bits per heavy atom. The summed E-state index contributed by atoms with van der Waals surface area (Å²) in [4.78, 5) is 12.3. The van der Waals surface area contributed by atoms with Gasteiger partial charge in [0.1, 0.15) is 18.1 Å². The highest BCUT2D eigenvalue weighted by Gasteiger charge is 2.38. The Labute approximate surface area is 158 Å². The van der Waals surface area contributed by atoms with E-state index in [0.29, 0.717) is 11.5 Å². The summed E-state index contributed by atoms with van der Waals surface area (Å²) in [6.45, 7) is 5.30. The first kappa shape index (κ1) is 19.5. The number of carbonyl (C=O) groups excluding carboxylic acids is 1. The second kappa shape index (κ2) is 7.41. The van der Waals surface area contributed by atoms with Crippen molar-refractivity contribution in [1.29, 1.82) is 0 Å². The van der Waals surface area contributed by atoms with Gasteiger partial charge in [-0.3, -0.25) is 9.89 Å². The second-order valence-corrected chi connectivity index (χ2v) is 6.35. The maximum atomic E-state index is 13.0. The molecule has 0 aliphatic rings. The van der Waals surface area contributed by atoms with Crippen LogP contribution in [0.3, 0.4) is 0 Å². The minimum absolute atomic E-state index is 0.0795. The number of hydrogen-bond acceptors (Lipinski definition) is 4. The molecule has 148 valence electrons. The van der Waals surface area contributed by atoms with Gasteiger partial charge in [-0.05, 0) is 50.1 Å². The number of aromatic amines is 1. The number of H-pyrrole nitrogens is 1. The molecule has 1 aromatic carbocycles. The van der Waals surface area contributed by atoms with E-state index in [1.165, 1.54) is 19.1 Å². The number of nitrogens with one attached hydrogen (secondary N) is 2. The Morgan fingerprint density at radius 2 is 1.96 bits per heavy atom. The maximum absolute atomic E-state index is 13.0. The van der Waals surface area contributed by atoms with E-state index in [9.17, 15) is 18.0 Å². The number of benzene rings is 1. The standard InChI is InChI=1S/C19H18F3N3O3/c1-10-4-5-11(2)15(8-10)27-9-13-6-7-14(28-13)18(26)23-16-12(3)24-25-17(16)19(20,21)22/h4-8H,9H2,1-3H3,(H,23,26)(H,24,25). The molecule has 0 fully saturated rings. The van der Waals surface area contributed by atoms with Crippen LogP contribution >= 0.6 is 0 Å². The third-order valence-electron chi connectivity index (χ3n) is 4.05. The fraction of sp³-hybridized carbons (Fsp3) is 0.263. The number of furan rings is 1. The van der Waals surface area contributed by atoms with Crippen LogP contribution in [-0.2, 0) is 12.8 Å². The SMILES string of the molecule is Cc1ccc(C)c(OCc2ccc(C(=O)Nc3c(C(F)(F)F)n[nH]c3C)o2)c1. The predicted octanol–water partition coefficient (Wildman–Crippen LogP) is 4.78. The Hall–Kier alpha value is -3.23. The number of alkyl halides is 3. The number of nitrogens with zero attached hydrogens (tertiary/aromatic N) is 1. The molecule has 2 heterocycles. The molecule has 0 aliphatic heterocycles. The molecule has 0 saturated heterocycles. The fourth-order valence-corrected chi connectivity index (χ4v) is 2.55. The molecule has 0 spiro atoms. The molecule has 0 aliphatic carbocycles. The zero-order chi connectivity index (χ0) is 20.5. The van der Waals surface area contributed by atoms with Gasteiger partial charge < -0.3 is 14.5 Å². The van der Waals surface area contributed by atoms with Gasteiger partial charge in [-0.25, -0.2) is 0 Å². The fourth-order valence-electron chi connectivity index (χ4n) is 2.55. The molecule has 3 rings (SSSR count). The number of aryl methyl sites for hydroxylation is 3. The topological polar surface area (TPSA) is 80.1 Å². The summed E-state index contributed by atoms with van der Waals surface area (Å²) >= 11 is 0. The van der Waals surface area contributed by atoms with Gasteiger partial charge in [0, 0.05) is 0 Å². The third kappa shape index (κ3) is 4.19. The van der Waals surface area contributed by atoms with Crippen LogP contribution in [0, 0.1) is 20.8 Å². The average molecular weight is 393 g/mol. The van der Waals surface area contributed by atoms with E-state index in [1.807, 2.05) is 32.0 Å². The molecular formula is C19H18F3N3O3. The van der Waals surface area contributed by atoms with Crippen molar-refractivity contribution in [3.8, 4) is 5.75 Å². The summed E-state index contributed by atoms with van der Waals surface area (Å²) in [6, 6.07) is 8.68. The van der Waals surface area contributed by atoms with Crippen molar-refractivity contribution in [2.24, 2.45) is 0 Å². The van der Waals surface area contributed by atoms with Crippen LogP contribution < -0.4 is 10.1 Å². The van der Waals surface area contributed by atoms with Crippen molar-refractivity contribution in [3.63, 3.8) is 0 Å². The summed E-state index contributed by atoms with van der Waals surface area (Å²) in [5, 5.41) is 7.62. The van der Waals surface area contributed by atoms with Gasteiger partial charge in [0.05, 0.1) is 11.4 Å². The van der Waals surface area contributed by atoms with Crippen molar-refractivity contribution >= 4 is 11.6 Å². The van der Waals surface area contributed by atoms with Gasteiger partial charge in [-0.2, -0.15) is 18.3 Å². The number of anilines is 1. The Balaban J connectivity index is 1.70. The first-order chi connectivity index (χ1) is 13.1. The van der Waals surface area contributed by atoms with E-state index in [4.69, 9.17) is 9.15 Å². The minimum Gasteiger partial charge on any atom is -0.485 e. The summed E-state index contributed by atoms with van der Waals surface area (Å²) in [5.74, 6) is 0.110. The smallest absolute Gasteiger partial charge is 0.437 e. The molecule has 2 N–H and O–H groups in total. The van der Waals surface area contributed by atoms with Gasteiger partial charge in [0.25, 0.3) is 5.91 Å². The molecule has 0 atom stereocenters. The van der Waals surface area contributed by atoms with E-state index in [0.717, 1.165) is 11.1 Å².